The number of benzene rings is 1. The Labute approximate surface area is 140 Å². The van der Waals surface area contributed by atoms with Gasteiger partial charge in [0.25, 0.3) is 0 Å². The van der Waals surface area contributed by atoms with E-state index in [2.05, 4.69) is 10.3 Å². The van der Waals surface area contributed by atoms with Gasteiger partial charge >= 0.3 is 0 Å². The van der Waals surface area contributed by atoms with Crippen LogP contribution in [0.5, 0.6) is 5.75 Å². The van der Waals surface area contributed by atoms with E-state index in [-0.39, 0.29) is 11.9 Å². The zero-order chi connectivity index (χ0) is 16.2. The fraction of sp³-hybridized carbons (Fsp3) is 0.412. The second kappa shape index (κ2) is 7.10. The average molecular weight is 331 g/mol. The van der Waals surface area contributed by atoms with E-state index in [0.29, 0.717) is 13.0 Å². The molecule has 1 aromatic heterocycles. The lowest BCUT2D eigenvalue weighted by Gasteiger charge is -2.37. The number of hydrogen-bond donors (Lipinski definition) is 1. The lowest BCUT2D eigenvalue weighted by Crippen LogP contribution is -2.49. The maximum absolute atomic E-state index is 12.8. The first-order chi connectivity index (χ1) is 11.2. The number of ether oxygens (including phenoxy) is 1. The predicted octanol–water partition coefficient (Wildman–Crippen LogP) is 2.18. The molecule has 0 aliphatic carbocycles. The number of nitrogens with zero attached hydrogens (tertiary/aromatic N) is 2. The minimum atomic E-state index is -0.00728. The number of thiazole rings is 1. The molecule has 1 fully saturated rings. The average Bonchev–Trinajstić information content (AvgIpc) is 2.99. The number of piperazine rings is 1. The van der Waals surface area contributed by atoms with Gasteiger partial charge in [0.05, 0.1) is 30.3 Å². The first-order valence-electron chi connectivity index (χ1n) is 7.73. The van der Waals surface area contributed by atoms with Crippen LogP contribution in [0, 0.1) is 6.92 Å². The Balaban J connectivity index is 1.82. The van der Waals surface area contributed by atoms with Crippen LogP contribution >= 0.6 is 11.3 Å². The predicted molar refractivity (Wildman–Crippen MR) is 90.9 cm³/mol. The van der Waals surface area contributed by atoms with Crippen LogP contribution in [-0.4, -0.2) is 42.5 Å². The Kier molecular flexibility index (Phi) is 4.93. The summed E-state index contributed by atoms with van der Waals surface area (Å²) >= 11 is 1.58. The van der Waals surface area contributed by atoms with Crippen molar-refractivity contribution in [3.63, 3.8) is 0 Å². The van der Waals surface area contributed by atoms with Crippen molar-refractivity contribution in [3.8, 4) is 5.75 Å². The Morgan fingerprint density at radius 2 is 2.30 bits per heavy atom. The number of aryl methyl sites for hydroxylation is 1. The van der Waals surface area contributed by atoms with Crippen molar-refractivity contribution < 1.29 is 9.53 Å². The largest absolute Gasteiger partial charge is 0.496 e. The molecule has 1 amide bonds. The van der Waals surface area contributed by atoms with Gasteiger partial charge in [-0.05, 0) is 13.0 Å². The molecule has 2 heterocycles. The Bertz CT molecular complexity index is 686. The molecule has 1 N–H and O–H groups in total. The number of carbonyl (C=O) groups is 1. The normalized spacial score (nSPS) is 18.0. The number of para-hydroxylation sites is 1. The number of hydrogen-bond acceptors (Lipinski definition) is 5. The van der Waals surface area contributed by atoms with Crippen LogP contribution in [0.15, 0.2) is 29.6 Å². The van der Waals surface area contributed by atoms with Gasteiger partial charge in [-0.2, -0.15) is 0 Å². The molecule has 1 aliphatic rings. The summed E-state index contributed by atoms with van der Waals surface area (Å²) in [5, 5.41) is 6.34. The molecule has 0 radical (unpaired) electrons. The van der Waals surface area contributed by atoms with Crippen molar-refractivity contribution in [2.24, 2.45) is 0 Å². The van der Waals surface area contributed by atoms with E-state index >= 15 is 0 Å². The maximum Gasteiger partial charge on any atom is 0.229 e. The summed E-state index contributed by atoms with van der Waals surface area (Å²) in [4.78, 5) is 19.1. The third kappa shape index (κ3) is 3.54. The quantitative estimate of drug-likeness (QED) is 0.933. The molecule has 0 spiro atoms. The highest BCUT2D eigenvalue weighted by atomic mass is 32.1. The van der Waals surface area contributed by atoms with Gasteiger partial charge in [-0.3, -0.25) is 4.79 Å². The van der Waals surface area contributed by atoms with Gasteiger partial charge in [0, 0.05) is 30.6 Å². The topological polar surface area (TPSA) is 54.5 Å². The second-order valence-corrected chi connectivity index (χ2v) is 6.65. The SMILES string of the molecule is COc1ccccc1[C@@H]1CNCCN1C(=O)Cc1csc(C)n1. The summed E-state index contributed by atoms with van der Waals surface area (Å²) < 4.78 is 5.47. The molecule has 2 aromatic rings. The van der Waals surface area contributed by atoms with Crippen LogP contribution in [0.4, 0.5) is 0 Å². The maximum atomic E-state index is 12.8. The van der Waals surface area contributed by atoms with Crippen molar-refractivity contribution in [2.75, 3.05) is 26.7 Å². The monoisotopic (exact) mass is 331 g/mol. The highest BCUT2D eigenvalue weighted by Gasteiger charge is 2.29. The van der Waals surface area contributed by atoms with E-state index in [1.54, 1.807) is 18.4 Å². The standard InChI is InChI=1S/C17H21N3O2S/c1-12-19-13(11-23-12)9-17(21)20-8-7-18-10-15(20)14-5-3-4-6-16(14)22-2/h3-6,11,15,18H,7-10H2,1-2H3/t15-/m0/s1. The summed E-state index contributed by atoms with van der Waals surface area (Å²) in [5.41, 5.74) is 1.90. The lowest BCUT2D eigenvalue weighted by atomic mass is 10.0. The van der Waals surface area contributed by atoms with Gasteiger partial charge < -0.3 is 15.0 Å². The Morgan fingerprint density at radius 3 is 3.04 bits per heavy atom. The van der Waals surface area contributed by atoms with Gasteiger partial charge in [-0.25, -0.2) is 4.98 Å². The first-order valence-corrected chi connectivity index (χ1v) is 8.61. The fourth-order valence-corrected chi connectivity index (χ4v) is 3.58. The van der Waals surface area contributed by atoms with Gasteiger partial charge in [0.2, 0.25) is 5.91 Å². The molecule has 1 saturated heterocycles. The highest BCUT2D eigenvalue weighted by Crippen LogP contribution is 2.30. The van der Waals surface area contributed by atoms with Crippen LogP contribution in [-0.2, 0) is 11.2 Å². The van der Waals surface area contributed by atoms with Crippen molar-refractivity contribution in [1.29, 1.82) is 0 Å². The molecule has 1 atom stereocenters. The van der Waals surface area contributed by atoms with E-state index in [1.165, 1.54) is 0 Å². The molecule has 1 aliphatic heterocycles. The van der Waals surface area contributed by atoms with Crippen LogP contribution < -0.4 is 10.1 Å². The van der Waals surface area contributed by atoms with E-state index < -0.39 is 0 Å². The van der Waals surface area contributed by atoms with Crippen molar-refractivity contribution in [3.05, 3.63) is 45.9 Å². The zero-order valence-corrected chi connectivity index (χ0v) is 14.2. The van der Waals surface area contributed by atoms with Gasteiger partial charge in [-0.15, -0.1) is 11.3 Å². The molecular formula is C17H21N3O2S. The van der Waals surface area contributed by atoms with Crippen LogP contribution in [0.2, 0.25) is 0 Å². The van der Waals surface area contributed by atoms with E-state index in [9.17, 15) is 4.79 Å². The number of carbonyl (C=O) groups excluding carboxylic acids is 1. The smallest absolute Gasteiger partial charge is 0.229 e. The van der Waals surface area contributed by atoms with E-state index in [1.807, 2.05) is 41.5 Å². The Hall–Kier alpha value is -1.92. The molecule has 122 valence electrons. The lowest BCUT2D eigenvalue weighted by molar-refractivity contribution is -0.133. The molecular weight excluding hydrogens is 310 g/mol. The van der Waals surface area contributed by atoms with Crippen molar-refractivity contribution in [1.82, 2.24) is 15.2 Å². The minimum absolute atomic E-state index is 0.00728. The van der Waals surface area contributed by atoms with Gasteiger partial charge in [0.1, 0.15) is 5.75 Å². The third-order valence-electron chi connectivity index (χ3n) is 4.06. The van der Waals surface area contributed by atoms with Crippen molar-refractivity contribution >= 4 is 17.2 Å². The summed E-state index contributed by atoms with van der Waals surface area (Å²) in [6, 6.07) is 7.90. The van der Waals surface area contributed by atoms with E-state index in [0.717, 1.165) is 35.1 Å². The number of aromatic nitrogens is 1. The second-order valence-electron chi connectivity index (χ2n) is 5.58. The number of methoxy groups -OCH3 is 1. The first kappa shape index (κ1) is 16.0. The molecule has 0 saturated carbocycles. The minimum Gasteiger partial charge on any atom is -0.496 e. The number of amides is 1. The molecule has 3 rings (SSSR count). The highest BCUT2D eigenvalue weighted by molar-refractivity contribution is 7.09. The summed E-state index contributed by atoms with van der Waals surface area (Å²) in [6.07, 6.45) is 0.357. The van der Waals surface area contributed by atoms with Crippen LogP contribution in [0.3, 0.4) is 0 Å². The van der Waals surface area contributed by atoms with Crippen LogP contribution in [0.1, 0.15) is 22.3 Å². The molecule has 5 nitrogen and oxygen atoms in total. The summed E-state index contributed by atoms with van der Waals surface area (Å²) in [5.74, 6) is 0.941. The van der Waals surface area contributed by atoms with Gasteiger partial charge in [0.15, 0.2) is 0 Å². The van der Waals surface area contributed by atoms with E-state index in [4.69, 9.17) is 4.74 Å². The molecule has 1 aromatic carbocycles. The van der Waals surface area contributed by atoms with Crippen molar-refractivity contribution in [2.45, 2.75) is 19.4 Å². The third-order valence-corrected chi connectivity index (χ3v) is 4.88. The molecule has 0 bridgehead atoms. The molecule has 0 unspecified atom stereocenters. The number of nitrogens with one attached hydrogen (secondary N) is 1. The summed E-state index contributed by atoms with van der Waals surface area (Å²) in [6.45, 7) is 4.21. The molecule has 6 heteroatoms. The summed E-state index contributed by atoms with van der Waals surface area (Å²) in [7, 11) is 1.67. The van der Waals surface area contributed by atoms with Crippen LogP contribution in [0.25, 0.3) is 0 Å². The molecule has 23 heavy (non-hydrogen) atoms. The fourth-order valence-electron chi connectivity index (χ4n) is 2.97. The Morgan fingerprint density at radius 1 is 1.48 bits per heavy atom. The van der Waals surface area contributed by atoms with Gasteiger partial charge in [-0.1, -0.05) is 18.2 Å². The zero-order valence-electron chi connectivity index (χ0n) is 13.4. The number of rotatable bonds is 4.